The molecule has 1 fully saturated rings. The maximum atomic E-state index is 13.7. The molecular weight excluding hydrogens is 377 g/mol. The number of ether oxygens (including phenoxy) is 2. The Bertz CT molecular complexity index is 537. The number of nitrogens with one attached hydrogen (secondary N) is 2. The summed E-state index contributed by atoms with van der Waals surface area (Å²) in [6, 6.07) is 4.89. The topological polar surface area (TPSA) is 54.9 Å². The van der Waals surface area contributed by atoms with E-state index in [1.165, 1.54) is 6.07 Å². The van der Waals surface area contributed by atoms with E-state index in [4.69, 9.17) is 9.47 Å². The van der Waals surface area contributed by atoms with Gasteiger partial charge in [-0.15, -0.1) is 0 Å². The van der Waals surface area contributed by atoms with Crippen molar-refractivity contribution in [1.29, 1.82) is 0 Å². The van der Waals surface area contributed by atoms with Crippen LogP contribution >= 0.6 is 15.9 Å². The summed E-state index contributed by atoms with van der Waals surface area (Å²) in [6.07, 6.45) is 1.99. The van der Waals surface area contributed by atoms with Gasteiger partial charge in [-0.1, -0.05) is 15.9 Å². The van der Waals surface area contributed by atoms with Crippen LogP contribution in [0.5, 0.6) is 0 Å². The normalized spacial score (nSPS) is 18.0. The molecule has 1 aliphatic heterocycles. The van der Waals surface area contributed by atoms with Crippen LogP contribution in [0.2, 0.25) is 0 Å². The Labute approximate surface area is 151 Å². The molecule has 2 rings (SSSR count). The van der Waals surface area contributed by atoms with Crippen molar-refractivity contribution in [1.82, 2.24) is 10.6 Å². The van der Waals surface area contributed by atoms with Crippen molar-refractivity contribution in [2.45, 2.75) is 19.4 Å². The van der Waals surface area contributed by atoms with Gasteiger partial charge in [-0.25, -0.2) is 4.39 Å². The third-order valence-electron chi connectivity index (χ3n) is 3.81. The van der Waals surface area contributed by atoms with Crippen molar-refractivity contribution in [3.8, 4) is 0 Å². The van der Waals surface area contributed by atoms with Gasteiger partial charge in [0.05, 0.1) is 13.2 Å². The summed E-state index contributed by atoms with van der Waals surface area (Å²) in [6.45, 7) is 4.29. The molecule has 24 heavy (non-hydrogen) atoms. The van der Waals surface area contributed by atoms with E-state index < -0.39 is 0 Å². The molecule has 0 spiro atoms. The zero-order valence-corrected chi connectivity index (χ0v) is 15.6. The van der Waals surface area contributed by atoms with Gasteiger partial charge in [-0.05, 0) is 31.0 Å². The molecule has 1 atom stereocenters. The molecule has 0 amide bonds. The van der Waals surface area contributed by atoms with E-state index in [1.54, 1.807) is 19.2 Å². The number of halogens is 2. The van der Waals surface area contributed by atoms with Crippen molar-refractivity contribution >= 4 is 21.9 Å². The minimum Gasteiger partial charge on any atom is -0.381 e. The van der Waals surface area contributed by atoms with Gasteiger partial charge >= 0.3 is 0 Å². The first-order valence-corrected chi connectivity index (χ1v) is 9.02. The highest BCUT2D eigenvalue weighted by molar-refractivity contribution is 9.10. The monoisotopic (exact) mass is 401 g/mol. The highest BCUT2D eigenvalue weighted by atomic mass is 79.9. The number of hydrogen-bond acceptors (Lipinski definition) is 3. The molecule has 1 unspecified atom stereocenters. The second-order valence-electron chi connectivity index (χ2n) is 5.75. The maximum absolute atomic E-state index is 13.7. The van der Waals surface area contributed by atoms with Crippen LogP contribution in [0.3, 0.4) is 0 Å². The molecule has 1 aromatic carbocycles. The lowest BCUT2D eigenvalue weighted by atomic mass is 10.1. The standard InChI is InChI=1S/C17H25BrFN3O2/c1-20-17(22-10-14-9-15(18)3-4-16(14)19)21-6-2-7-23-11-13-5-8-24-12-13/h3-4,9,13H,2,5-8,10-12H2,1H3,(H2,20,21,22). The molecule has 1 saturated heterocycles. The fourth-order valence-corrected chi connectivity index (χ4v) is 2.83. The molecule has 0 radical (unpaired) electrons. The quantitative estimate of drug-likeness (QED) is 0.399. The molecule has 0 bridgehead atoms. The van der Waals surface area contributed by atoms with E-state index in [2.05, 4.69) is 31.6 Å². The first kappa shape index (κ1) is 19.1. The minimum absolute atomic E-state index is 0.231. The fourth-order valence-electron chi connectivity index (χ4n) is 2.42. The SMILES string of the molecule is CN=C(NCCCOCC1CCOC1)NCc1cc(Br)ccc1F. The first-order chi connectivity index (χ1) is 11.7. The molecule has 5 nitrogen and oxygen atoms in total. The lowest BCUT2D eigenvalue weighted by Gasteiger charge is -2.13. The second kappa shape index (κ2) is 10.6. The van der Waals surface area contributed by atoms with Gasteiger partial charge in [0.15, 0.2) is 5.96 Å². The van der Waals surface area contributed by atoms with E-state index in [0.29, 0.717) is 30.6 Å². The molecule has 7 heteroatoms. The largest absolute Gasteiger partial charge is 0.381 e. The summed E-state index contributed by atoms with van der Waals surface area (Å²) in [5.74, 6) is 0.969. The molecule has 1 aliphatic rings. The molecule has 2 N–H and O–H groups in total. The zero-order chi connectivity index (χ0) is 17.2. The highest BCUT2D eigenvalue weighted by Crippen LogP contribution is 2.15. The summed E-state index contributed by atoms with van der Waals surface area (Å²) < 4.78 is 25.5. The van der Waals surface area contributed by atoms with E-state index in [1.807, 2.05) is 0 Å². The summed E-state index contributed by atoms with van der Waals surface area (Å²) in [5, 5.41) is 6.31. The number of hydrogen-bond donors (Lipinski definition) is 2. The van der Waals surface area contributed by atoms with Crippen LogP contribution in [-0.2, 0) is 16.0 Å². The van der Waals surface area contributed by atoms with Gasteiger partial charge in [-0.2, -0.15) is 0 Å². The van der Waals surface area contributed by atoms with Crippen molar-refractivity contribution in [3.05, 3.63) is 34.1 Å². The number of benzene rings is 1. The van der Waals surface area contributed by atoms with E-state index in [0.717, 1.165) is 43.7 Å². The molecule has 1 heterocycles. The van der Waals surface area contributed by atoms with Crippen LogP contribution in [0.15, 0.2) is 27.7 Å². The molecular formula is C17H25BrFN3O2. The third kappa shape index (κ3) is 6.75. The predicted octanol–water partition coefficient (Wildman–Crippen LogP) is 2.70. The van der Waals surface area contributed by atoms with Gasteiger partial charge in [0.25, 0.3) is 0 Å². The van der Waals surface area contributed by atoms with E-state index >= 15 is 0 Å². The number of guanidine groups is 1. The minimum atomic E-state index is -0.231. The van der Waals surface area contributed by atoms with Crippen molar-refractivity contribution in [2.24, 2.45) is 10.9 Å². The van der Waals surface area contributed by atoms with Gasteiger partial charge in [-0.3, -0.25) is 4.99 Å². The van der Waals surface area contributed by atoms with Gasteiger partial charge in [0, 0.05) is 49.3 Å². The van der Waals surface area contributed by atoms with Crippen molar-refractivity contribution in [3.63, 3.8) is 0 Å². The average Bonchev–Trinajstić information content (AvgIpc) is 3.09. The average molecular weight is 402 g/mol. The Morgan fingerprint density at radius 3 is 3.08 bits per heavy atom. The molecule has 1 aromatic rings. The Kier molecular flexibility index (Phi) is 8.49. The van der Waals surface area contributed by atoms with Crippen LogP contribution in [0.4, 0.5) is 4.39 Å². The van der Waals surface area contributed by atoms with Crippen LogP contribution in [-0.4, -0.2) is 46.0 Å². The summed E-state index contributed by atoms with van der Waals surface area (Å²) >= 11 is 3.35. The van der Waals surface area contributed by atoms with Crippen LogP contribution in [0.25, 0.3) is 0 Å². The molecule has 0 aliphatic carbocycles. The molecule has 0 saturated carbocycles. The number of aliphatic imine (C=N–C) groups is 1. The molecule has 134 valence electrons. The fraction of sp³-hybridized carbons (Fsp3) is 0.588. The molecule has 0 aromatic heterocycles. The predicted molar refractivity (Wildman–Crippen MR) is 96.7 cm³/mol. The van der Waals surface area contributed by atoms with Gasteiger partial charge in [0.1, 0.15) is 5.82 Å². The van der Waals surface area contributed by atoms with E-state index in [9.17, 15) is 4.39 Å². The number of rotatable bonds is 8. The second-order valence-corrected chi connectivity index (χ2v) is 6.66. The Hall–Kier alpha value is -1.18. The zero-order valence-electron chi connectivity index (χ0n) is 14.0. The van der Waals surface area contributed by atoms with Crippen molar-refractivity contribution in [2.75, 3.05) is 40.0 Å². The Morgan fingerprint density at radius 1 is 1.46 bits per heavy atom. The Morgan fingerprint density at radius 2 is 2.33 bits per heavy atom. The van der Waals surface area contributed by atoms with E-state index in [-0.39, 0.29) is 5.82 Å². The van der Waals surface area contributed by atoms with Gasteiger partial charge < -0.3 is 20.1 Å². The van der Waals surface area contributed by atoms with Crippen LogP contribution in [0.1, 0.15) is 18.4 Å². The Balaban J connectivity index is 1.59. The third-order valence-corrected chi connectivity index (χ3v) is 4.31. The maximum Gasteiger partial charge on any atom is 0.191 e. The summed E-state index contributed by atoms with van der Waals surface area (Å²) in [4.78, 5) is 4.14. The van der Waals surface area contributed by atoms with Gasteiger partial charge in [0.2, 0.25) is 0 Å². The van der Waals surface area contributed by atoms with Crippen LogP contribution < -0.4 is 10.6 Å². The lowest BCUT2D eigenvalue weighted by Crippen LogP contribution is -2.37. The lowest BCUT2D eigenvalue weighted by molar-refractivity contribution is 0.0888. The highest BCUT2D eigenvalue weighted by Gasteiger charge is 2.15. The smallest absolute Gasteiger partial charge is 0.191 e. The first-order valence-electron chi connectivity index (χ1n) is 8.23. The number of nitrogens with zero attached hydrogens (tertiary/aromatic N) is 1. The van der Waals surface area contributed by atoms with Crippen molar-refractivity contribution < 1.29 is 13.9 Å². The van der Waals surface area contributed by atoms with Crippen LogP contribution in [0, 0.1) is 11.7 Å². The summed E-state index contributed by atoms with van der Waals surface area (Å²) in [7, 11) is 1.70. The summed E-state index contributed by atoms with van der Waals surface area (Å²) in [5.41, 5.74) is 0.592.